The minimum absolute atomic E-state index is 0.0919. The van der Waals surface area contributed by atoms with Crippen molar-refractivity contribution in [2.45, 2.75) is 32.8 Å². The molecule has 0 radical (unpaired) electrons. The molecule has 2 saturated heterocycles. The van der Waals surface area contributed by atoms with Gasteiger partial charge in [0.2, 0.25) is 5.91 Å². The fraction of sp³-hybridized carbons (Fsp3) is 0.500. The quantitative estimate of drug-likeness (QED) is 0.521. The number of morpholine rings is 1. The number of pyridine rings is 1. The third-order valence-electron chi connectivity index (χ3n) is 6.84. The second-order valence-corrected chi connectivity index (χ2v) is 10.4. The SMILES string of the molecule is CC(C)(CF)C(=O)N1CCC(Oc2nc3nc(-c4ccc(N5CCOCC5)cc4)c(Cl)cc3[nH]2)CC1. The minimum Gasteiger partial charge on any atom is -0.461 e. The van der Waals surface area contributed by atoms with E-state index < -0.39 is 12.1 Å². The van der Waals surface area contributed by atoms with Crippen LogP contribution in [0.1, 0.15) is 26.7 Å². The lowest BCUT2D eigenvalue weighted by Crippen LogP contribution is -2.47. The molecule has 0 aliphatic carbocycles. The Balaban J connectivity index is 1.26. The molecule has 8 nitrogen and oxygen atoms in total. The molecule has 1 aromatic carbocycles. The molecule has 1 N–H and O–H groups in total. The molecule has 2 fully saturated rings. The maximum Gasteiger partial charge on any atom is 0.296 e. The normalized spacial score (nSPS) is 17.6. The summed E-state index contributed by atoms with van der Waals surface area (Å²) in [7, 11) is 0. The van der Waals surface area contributed by atoms with E-state index in [0.29, 0.717) is 53.8 Å². The number of hydrogen-bond acceptors (Lipinski definition) is 6. The summed E-state index contributed by atoms with van der Waals surface area (Å²) < 4.78 is 24.7. The van der Waals surface area contributed by atoms with Crippen LogP contribution in [0.3, 0.4) is 0 Å². The van der Waals surface area contributed by atoms with Crippen molar-refractivity contribution in [3.63, 3.8) is 0 Å². The lowest BCUT2D eigenvalue weighted by atomic mass is 9.92. The summed E-state index contributed by atoms with van der Waals surface area (Å²) in [5.74, 6) is -0.156. The van der Waals surface area contributed by atoms with E-state index >= 15 is 0 Å². The van der Waals surface area contributed by atoms with Gasteiger partial charge in [-0.3, -0.25) is 4.79 Å². The lowest BCUT2D eigenvalue weighted by Gasteiger charge is -2.35. The number of carbonyl (C=O) groups excluding carboxylic acids is 1. The first kappa shape index (κ1) is 24.8. The van der Waals surface area contributed by atoms with E-state index in [0.717, 1.165) is 37.6 Å². The van der Waals surface area contributed by atoms with E-state index in [-0.39, 0.29) is 12.0 Å². The van der Waals surface area contributed by atoms with Gasteiger partial charge in [0.05, 0.1) is 34.9 Å². The maximum absolute atomic E-state index is 13.2. The van der Waals surface area contributed by atoms with Gasteiger partial charge in [-0.1, -0.05) is 23.7 Å². The molecule has 2 aliphatic rings. The highest BCUT2D eigenvalue weighted by atomic mass is 35.5. The molecular weight excluding hydrogens is 485 g/mol. The first-order chi connectivity index (χ1) is 17.3. The number of nitrogens with zero attached hydrogens (tertiary/aromatic N) is 4. The molecule has 0 atom stereocenters. The highest BCUT2D eigenvalue weighted by Gasteiger charge is 2.34. The Labute approximate surface area is 214 Å². The van der Waals surface area contributed by atoms with Crippen LogP contribution >= 0.6 is 11.6 Å². The van der Waals surface area contributed by atoms with Gasteiger partial charge in [0, 0.05) is 50.3 Å². The van der Waals surface area contributed by atoms with E-state index in [2.05, 4.69) is 27.0 Å². The van der Waals surface area contributed by atoms with Crippen molar-refractivity contribution in [3.05, 3.63) is 35.4 Å². The number of halogens is 2. The lowest BCUT2D eigenvalue weighted by molar-refractivity contribution is -0.143. The van der Waals surface area contributed by atoms with Crippen LogP contribution in [0.4, 0.5) is 10.1 Å². The van der Waals surface area contributed by atoms with Crippen molar-refractivity contribution in [1.82, 2.24) is 19.9 Å². The summed E-state index contributed by atoms with van der Waals surface area (Å²) in [6.07, 6.45) is 1.21. The Morgan fingerprint density at radius 1 is 1.17 bits per heavy atom. The van der Waals surface area contributed by atoms with E-state index in [1.165, 1.54) is 0 Å². The van der Waals surface area contributed by atoms with Crippen LogP contribution in [0.15, 0.2) is 30.3 Å². The first-order valence-electron chi connectivity index (χ1n) is 12.4. The zero-order chi connectivity index (χ0) is 25.3. The van der Waals surface area contributed by atoms with Crippen molar-refractivity contribution in [3.8, 4) is 17.3 Å². The van der Waals surface area contributed by atoms with Crippen molar-refractivity contribution < 1.29 is 18.7 Å². The van der Waals surface area contributed by atoms with Crippen LogP contribution in [0.2, 0.25) is 5.02 Å². The van der Waals surface area contributed by atoms with E-state index in [1.807, 2.05) is 18.2 Å². The molecule has 2 aliphatic heterocycles. The van der Waals surface area contributed by atoms with Gasteiger partial charge in [-0.25, -0.2) is 9.37 Å². The molecule has 0 bridgehead atoms. The summed E-state index contributed by atoms with van der Waals surface area (Å²) in [5.41, 5.74) is 2.96. The highest BCUT2D eigenvalue weighted by Crippen LogP contribution is 2.31. The zero-order valence-electron chi connectivity index (χ0n) is 20.6. The number of amides is 1. The number of alkyl halides is 1. The van der Waals surface area contributed by atoms with Crippen molar-refractivity contribution >= 4 is 34.4 Å². The number of ether oxygens (including phenoxy) is 2. The van der Waals surface area contributed by atoms with Gasteiger partial charge in [0.15, 0.2) is 5.65 Å². The summed E-state index contributed by atoms with van der Waals surface area (Å²) in [5, 5.41) is 0.527. The molecule has 0 spiro atoms. The number of rotatable bonds is 6. The fourth-order valence-electron chi connectivity index (χ4n) is 4.63. The number of nitrogens with one attached hydrogen (secondary N) is 1. The maximum atomic E-state index is 13.2. The van der Waals surface area contributed by atoms with Gasteiger partial charge in [-0.15, -0.1) is 0 Å². The molecule has 0 saturated carbocycles. The number of H-pyrrole nitrogens is 1. The number of hydrogen-bond donors (Lipinski definition) is 1. The molecule has 3 aromatic rings. The zero-order valence-corrected chi connectivity index (χ0v) is 21.4. The molecule has 5 rings (SSSR count). The number of aromatic amines is 1. The summed E-state index contributed by atoms with van der Waals surface area (Å²) >= 11 is 6.58. The van der Waals surface area contributed by atoms with E-state index in [4.69, 9.17) is 26.1 Å². The first-order valence-corrected chi connectivity index (χ1v) is 12.7. The third kappa shape index (κ3) is 5.13. The Bertz CT molecular complexity index is 1220. The second-order valence-electron chi connectivity index (χ2n) is 10.0. The summed E-state index contributed by atoms with van der Waals surface area (Å²) in [6.45, 7) is 6.90. The standard InChI is InChI=1S/C26H31ClFN5O3/c1-26(2,16-28)24(34)33-9-7-19(8-10-33)36-25-29-21-15-20(27)22(30-23(21)31-25)17-3-5-18(6-4-17)32-11-13-35-14-12-32/h3-6,15,19H,7-14,16H2,1-2H3,(H,29,30,31). The number of anilines is 1. The molecule has 4 heterocycles. The molecule has 1 amide bonds. The van der Waals surface area contributed by atoms with Crippen LogP contribution in [0, 0.1) is 5.41 Å². The third-order valence-corrected chi connectivity index (χ3v) is 7.13. The van der Waals surface area contributed by atoms with Crippen molar-refractivity contribution in [1.29, 1.82) is 0 Å². The minimum atomic E-state index is -0.988. The molecule has 36 heavy (non-hydrogen) atoms. The molecular formula is C26H31ClFN5O3. The fourth-order valence-corrected chi connectivity index (χ4v) is 4.89. The number of benzene rings is 1. The summed E-state index contributed by atoms with van der Waals surface area (Å²) in [4.78, 5) is 28.9. The number of imidazole rings is 1. The average Bonchev–Trinajstić information content (AvgIpc) is 3.29. The topological polar surface area (TPSA) is 83.6 Å². The monoisotopic (exact) mass is 515 g/mol. The molecule has 0 unspecified atom stereocenters. The predicted octanol–water partition coefficient (Wildman–Crippen LogP) is 4.48. The number of piperidine rings is 1. The van der Waals surface area contributed by atoms with Gasteiger partial charge in [0.25, 0.3) is 6.01 Å². The number of likely N-dealkylation sites (tertiary alicyclic amines) is 1. The predicted molar refractivity (Wildman–Crippen MR) is 137 cm³/mol. The van der Waals surface area contributed by atoms with Crippen LogP contribution in [-0.4, -0.2) is 77.9 Å². The van der Waals surface area contributed by atoms with Gasteiger partial charge in [0.1, 0.15) is 12.8 Å². The summed E-state index contributed by atoms with van der Waals surface area (Å²) in [6, 6.07) is 10.4. The number of fused-ring (bicyclic) bond motifs is 1. The Kier molecular flexibility index (Phi) is 7.03. The van der Waals surface area contributed by atoms with Crippen LogP contribution in [0.25, 0.3) is 22.4 Å². The molecule has 2 aromatic heterocycles. The van der Waals surface area contributed by atoms with Crippen LogP contribution in [0.5, 0.6) is 6.01 Å². The van der Waals surface area contributed by atoms with Gasteiger partial charge in [-0.2, -0.15) is 4.98 Å². The van der Waals surface area contributed by atoms with Crippen molar-refractivity contribution in [2.75, 3.05) is 51.0 Å². The number of aromatic nitrogens is 3. The van der Waals surface area contributed by atoms with Gasteiger partial charge < -0.3 is 24.3 Å². The Morgan fingerprint density at radius 2 is 1.86 bits per heavy atom. The van der Waals surface area contributed by atoms with Crippen LogP contribution in [-0.2, 0) is 9.53 Å². The van der Waals surface area contributed by atoms with Gasteiger partial charge in [-0.05, 0) is 32.0 Å². The largest absolute Gasteiger partial charge is 0.461 e. The average molecular weight is 516 g/mol. The van der Waals surface area contributed by atoms with Gasteiger partial charge >= 0.3 is 0 Å². The Hall–Kier alpha value is -2.91. The van der Waals surface area contributed by atoms with E-state index in [9.17, 15) is 9.18 Å². The van der Waals surface area contributed by atoms with Crippen LogP contribution < -0.4 is 9.64 Å². The smallest absolute Gasteiger partial charge is 0.296 e. The number of carbonyl (C=O) groups is 1. The van der Waals surface area contributed by atoms with E-state index in [1.54, 1.807) is 18.7 Å². The van der Waals surface area contributed by atoms with Crippen molar-refractivity contribution in [2.24, 2.45) is 5.41 Å². The Morgan fingerprint density at radius 3 is 2.53 bits per heavy atom. The molecule has 192 valence electrons. The molecule has 10 heteroatoms. The second kappa shape index (κ2) is 10.2. The highest BCUT2D eigenvalue weighted by molar-refractivity contribution is 6.33.